The summed E-state index contributed by atoms with van der Waals surface area (Å²) in [4.78, 5) is 33.8. The first-order valence-electron chi connectivity index (χ1n) is 11.3. The monoisotopic (exact) mass is 434 g/mol. The second kappa shape index (κ2) is 8.70. The summed E-state index contributed by atoms with van der Waals surface area (Å²) in [7, 11) is 0. The summed E-state index contributed by atoms with van der Waals surface area (Å²) in [6.45, 7) is 1.84. The third kappa shape index (κ3) is 4.10. The first kappa shape index (κ1) is 20.6. The van der Waals surface area contributed by atoms with Crippen LogP contribution in [0.3, 0.4) is 0 Å². The van der Waals surface area contributed by atoms with Gasteiger partial charge in [-0.1, -0.05) is 31.4 Å². The largest absolute Gasteiger partial charge is 0.459 e. The van der Waals surface area contributed by atoms with Crippen molar-refractivity contribution >= 4 is 5.69 Å². The maximum atomic E-state index is 12.8. The van der Waals surface area contributed by atoms with Crippen molar-refractivity contribution in [2.24, 2.45) is 0 Å². The molecule has 0 unspecified atom stereocenters. The molecule has 0 bridgehead atoms. The van der Waals surface area contributed by atoms with E-state index in [4.69, 9.17) is 9.40 Å². The first-order valence-corrected chi connectivity index (χ1v) is 11.3. The number of benzene rings is 1. The highest BCUT2D eigenvalue weighted by Gasteiger charge is 2.25. The molecule has 1 N–H and O–H groups in total. The van der Waals surface area contributed by atoms with Crippen LogP contribution in [0.25, 0.3) is 11.3 Å². The molecule has 1 fully saturated rings. The van der Waals surface area contributed by atoms with E-state index in [1.165, 1.54) is 25.3 Å². The highest BCUT2D eigenvalue weighted by atomic mass is 16.6. The molecule has 1 aliphatic heterocycles. The molecule has 1 aliphatic carbocycles. The average Bonchev–Trinajstić information content (AvgIpc) is 3.28. The van der Waals surface area contributed by atoms with Crippen molar-refractivity contribution in [2.45, 2.75) is 57.5 Å². The van der Waals surface area contributed by atoms with Gasteiger partial charge in [0.05, 0.1) is 28.3 Å². The number of aromatic nitrogens is 2. The molecule has 32 heavy (non-hydrogen) atoms. The van der Waals surface area contributed by atoms with Gasteiger partial charge in [-0.05, 0) is 31.0 Å². The predicted octanol–water partition coefficient (Wildman–Crippen LogP) is 4.54. The van der Waals surface area contributed by atoms with Crippen LogP contribution < -0.4 is 5.56 Å². The van der Waals surface area contributed by atoms with E-state index in [-0.39, 0.29) is 11.2 Å². The Morgan fingerprint density at radius 2 is 1.97 bits per heavy atom. The number of furan rings is 1. The number of nitrogens with zero attached hydrogens (tertiary/aromatic N) is 3. The van der Waals surface area contributed by atoms with Crippen LogP contribution in [0.2, 0.25) is 0 Å². The molecule has 8 nitrogen and oxygen atoms in total. The van der Waals surface area contributed by atoms with Gasteiger partial charge in [-0.25, -0.2) is 4.98 Å². The summed E-state index contributed by atoms with van der Waals surface area (Å²) < 4.78 is 5.93. The molecule has 2 aromatic heterocycles. The molecule has 0 atom stereocenters. The number of para-hydroxylation sites is 1. The minimum absolute atomic E-state index is 0.0201. The van der Waals surface area contributed by atoms with Gasteiger partial charge in [-0.3, -0.25) is 19.8 Å². The number of rotatable bonds is 5. The van der Waals surface area contributed by atoms with E-state index in [9.17, 15) is 14.9 Å². The van der Waals surface area contributed by atoms with Crippen molar-refractivity contribution in [1.82, 2.24) is 14.9 Å². The summed E-state index contributed by atoms with van der Waals surface area (Å²) in [6.07, 6.45) is 6.62. The van der Waals surface area contributed by atoms with Gasteiger partial charge in [-0.2, -0.15) is 0 Å². The second-order valence-corrected chi connectivity index (χ2v) is 8.71. The SMILES string of the molecule is O=c1[nH]c(C2CCCCC2)nc2c1CN(Cc1ccc(-c3ccccc3[N+](=O)[O-])o1)CC2. The van der Waals surface area contributed by atoms with Crippen LogP contribution in [0, 0.1) is 10.1 Å². The van der Waals surface area contributed by atoms with Crippen molar-refractivity contribution in [2.75, 3.05) is 6.54 Å². The van der Waals surface area contributed by atoms with Gasteiger partial charge < -0.3 is 9.40 Å². The topological polar surface area (TPSA) is 105 Å². The van der Waals surface area contributed by atoms with Crippen LogP contribution >= 0.6 is 0 Å². The highest BCUT2D eigenvalue weighted by Crippen LogP contribution is 2.32. The lowest BCUT2D eigenvalue weighted by atomic mass is 9.88. The van der Waals surface area contributed by atoms with E-state index in [0.29, 0.717) is 36.1 Å². The quantitative estimate of drug-likeness (QED) is 0.467. The Labute approximate surface area is 185 Å². The number of H-pyrrole nitrogens is 1. The zero-order chi connectivity index (χ0) is 22.1. The van der Waals surface area contributed by atoms with Crippen molar-refractivity contribution in [3.05, 3.63) is 79.7 Å². The fraction of sp³-hybridized carbons (Fsp3) is 0.417. The second-order valence-electron chi connectivity index (χ2n) is 8.71. The molecule has 2 aliphatic rings. The first-order chi connectivity index (χ1) is 15.6. The lowest BCUT2D eigenvalue weighted by Crippen LogP contribution is -2.36. The Kier molecular flexibility index (Phi) is 5.61. The van der Waals surface area contributed by atoms with Gasteiger partial charge in [-0.15, -0.1) is 0 Å². The maximum absolute atomic E-state index is 12.8. The number of nitro groups is 1. The Bertz CT molecular complexity index is 1190. The van der Waals surface area contributed by atoms with Crippen LogP contribution in [0.1, 0.15) is 60.9 Å². The summed E-state index contributed by atoms with van der Waals surface area (Å²) in [5, 5.41) is 11.3. The molecule has 166 valence electrons. The smallest absolute Gasteiger partial charge is 0.280 e. The molecule has 1 aromatic carbocycles. The van der Waals surface area contributed by atoms with E-state index in [1.807, 2.05) is 6.07 Å². The van der Waals surface area contributed by atoms with Crippen LogP contribution in [0.5, 0.6) is 0 Å². The number of hydrogen-bond donors (Lipinski definition) is 1. The van der Waals surface area contributed by atoms with Gasteiger partial charge in [0.15, 0.2) is 0 Å². The molecule has 8 heteroatoms. The fourth-order valence-corrected chi connectivity index (χ4v) is 4.87. The number of aromatic amines is 1. The Morgan fingerprint density at radius 1 is 1.16 bits per heavy atom. The van der Waals surface area contributed by atoms with Gasteiger partial charge in [0.2, 0.25) is 0 Å². The fourth-order valence-electron chi connectivity index (χ4n) is 4.87. The van der Waals surface area contributed by atoms with E-state index in [2.05, 4.69) is 9.88 Å². The van der Waals surface area contributed by atoms with Crippen molar-refractivity contribution in [3.8, 4) is 11.3 Å². The van der Waals surface area contributed by atoms with Crippen molar-refractivity contribution in [1.29, 1.82) is 0 Å². The van der Waals surface area contributed by atoms with E-state index in [1.54, 1.807) is 24.3 Å². The molecule has 3 heterocycles. The Morgan fingerprint density at radius 3 is 2.78 bits per heavy atom. The number of nitro benzene ring substituents is 1. The molecule has 5 rings (SSSR count). The molecule has 0 spiro atoms. The van der Waals surface area contributed by atoms with Crippen LogP contribution in [0.4, 0.5) is 5.69 Å². The minimum Gasteiger partial charge on any atom is -0.459 e. The summed E-state index contributed by atoms with van der Waals surface area (Å²) in [5.41, 5.74) is 2.11. The van der Waals surface area contributed by atoms with Gasteiger partial charge >= 0.3 is 0 Å². The summed E-state index contributed by atoms with van der Waals surface area (Å²) >= 11 is 0. The van der Waals surface area contributed by atoms with Crippen LogP contribution in [0.15, 0.2) is 45.6 Å². The number of nitrogens with one attached hydrogen (secondary N) is 1. The predicted molar refractivity (Wildman–Crippen MR) is 119 cm³/mol. The molecule has 3 aromatic rings. The normalized spacial score (nSPS) is 17.2. The van der Waals surface area contributed by atoms with Crippen LogP contribution in [-0.4, -0.2) is 26.3 Å². The molecule has 1 saturated carbocycles. The van der Waals surface area contributed by atoms with E-state index in [0.717, 1.165) is 42.9 Å². The Balaban J connectivity index is 1.31. The van der Waals surface area contributed by atoms with E-state index >= 15 is 0 Å². The molecular formula is C24H26N4O4. The highest BCUT2D eigenvalue weighted by molar-refractivity contribution is 5.69. The standard InChI is InChI=1S/C24H26N4O4/c29-24-19-15-27(13-12-20(19)25-23(26-24)16-6-2-1-3-7-16)14-17-10-11-22(32-17)18-8-4-5-9-21(18)28(30)31/h4-5,8-11,16H,1-3,6-7,12-15H2,(H,25,26,29). The Hall–Kier alpha value is -3.26. The number of hydrogen-bond acceptors (Lipinski definition) is 6. The molecule has 0 amide bonds. The maximum Gasteiger partial charge on any atom is 0.280 e. The van der Waals surface area contributed by atoms with Gasteiger partial charge in [0.25, 0.3) is 11.2 Å². The van der Waals surface area contributed by atoms with Gasteiger partial charge in [0, 0.05) is 31.5 Å². The minimum atomic E-state index is -0.403. The van der Waals surface area contributed by atoms with Crippen LogP contribution in [-0.2, 0) is 19.5 Å². The third-order valence-electron chi connectivity index (χ3n) is 6.57. The van der Waals surface area contributed by atoms with Crippen molar-refractivity contribution < 1.29 is 9.34 Å². The summed E-state index contributed by atoms with van der Waals surface area (Å²) in [6, 6.07) is 10.2. The van der Waals surface area contributed by atoms with Crippen molar-refractivity contribution in [3.63, 3.8) is 0 Å². The zero-order valence-electron chi connectivity index (χ0n) is 17.9. The molecular weight excluding hydrogens is 408 g/mol. The lowest BCUT2D eigenvalue weighted by molar-refractivity contribution is -0.384. The number of fused-ring (bicyclic) bond motifs is 1. The zero-order valence-corrected chi connectivity index (χ0v) is 17.9. The molecule has 0 radical (unpaired) electrons. The lowest BCUT2D eigenvalue weighted by Gasteiger charge is -2.28. The van der Waals surface area contributed by atoms with E-state index < -0.39 is 4.92 Å². The third-order valence-corrected chi connectivity index (χ3v) is 6.57. The van der Waals surface area contributed by atoms with Gasteiger partial charge in [0.1, 0.15) is 17.3 Å². The summed E-state index contributed by atoms with van der Waals surface area (Å²) in [5.74, 6) is 2.43. The molecule has 0 saturated heterocycles. The average molecular weight is 434 g/mol.